The second-order valence-electron chi connectivity index (χ2n) is 8.57. The number of nitrogens with zero attached hydrogens (tertiary/aromatic N) is 7. The molecule has 0 saturated carbocycles. The van der Waals surface area contributed by atoms with Crippen LogP contribution in [0, 0.1) is 0 Å². The predicted octanol–water partition coefficient (Wildman–Crippen LogP) is 5.96. The maximum absolute atomic E-state index is 14.8. The maximum Gasteiger partial charge on any atom is 0.414 e. The third-order valence-electron chi connectivity index (χ3n) is 6.37. The second kappa shape index (κ2) is 8.61. The van der Waals surface area contributed by atoms with Crippen LogP contribution in [-0.2, 0) is 5.41 Å². The lowest BCUT2D eigenvalue weighted by Gasteiger charge is -2.36. The van der Waals surface area contributed by atoms with Gasteiger partial charge in [0.25, 0.3) is 0 Å². The summed E-state index contributed by atoms with van der Waals surface area (Å²) in [6, 6.07) is 16.9. The third-order valence-corrected chi connectivity index (χ3v) is 6.37. The van der Waals surface area contributed by atoms with Crippen molar-refractivity contribution in [2.24, 2.45) is 0 Å². The van der Waals surface area contributed by atoms with Gasteiger partial charge >= 0.3 is 12.4 Å². The average Bonchev–Trinajstić information content (AvgIpc) is 3.53. The fourth-order valence-corrected chi connectivity index (χ4v) is 4.57. The van der Waals surface area contributed by atoms with Crippen LogP contribution in [0.15, 0.2) is 91.6 Å². The monoisotopic (exact) mass is 539 g/mol. The molecule has 0 spiro atoms. The van der Waals surface area contributed by atoms with Gasteiger partial charge in [-0.2, -0.15) is 26.3 Å². The van der Waals surface area contributed by atoms with Crippen molar-refractivity contribution < 1.29 is 26.3 Å². The lowest BCUT2D eigenvalue weighted by Crippen LogP contribution is -2.56. The highest BCUT2D eigenvalue weighted by atomic mass is 19.4. The van der Waals surface area contributed by atoms with E-state index in [0.29, 0.717) is 34.2 Å². The zero-order valence-electron chi connectivity index (χ0n) is 19.6. The number of hydrogen-bond acceptors (Lipinski definition) is 5. The van der Waals surface area contributed by atoms with Gasteiger partial charge < -0.3 is 0 Å². The van der Waals surface area contributed by atoms with Crippen LogP contribution >= 0.6 is 0 Å². The first kappa shape index (κ1) is 24.5. The lowest BCUT2D eigenvalue weighted by molar-refractivity contribution is -0.290. The van der Waals surface area contributed by atoms with E-state index in [0.717, 1.165) is 12.3 Å². The first-order chi connectivity index (χ1) is 18.6. The Bertz CT molecular complexity index is 1690. The molecule has 0 atom stereocenters. The van der Waals surface area contributed by atoms with E-state index in [4.69, 9.17) is 0 Å². The lowest BCUT2D eigenvalue weighted by atomic mass is 9.78. The summed E-state index contributed by atoms with van der Waals surface area (Å²) in [5.41, 5.74) is -5.36. The van der Waals surface area contributed by atoms with Gasteiger partial charge in [0.05, 0.1) is 33.5 Å². The summed E-state index contributed by atoms with van der Waals surface area (Å²) in [6.07, 6.45) is -8.39. The summed E-state index contributed by atoms with van der Waals surface area (Å²) in [7, 11) is 0. The van der Waals surface area contributed by atoms with Crippen LogP contribution < -0.4 is 0 Å². The molecule has 0 fully saturated rings. The highest BCUT2D eigenvalue weighted by Gasteiger charge is 2.74. The number of alkyl halides is 6. The van der Waals surface area contributed by atoms with Crippen molar-refractivity contribution in [2.45, 2.75) is 17.8 Å². The molecule has 39 heavy (non-hydrogen) atoms. The van der Waals surface area contributed by atoms with Gasteiger partial charge in [0.2, 0.25) is 11.4 Å². The number of hydrogen-bond donors (Lipinski definition) is 0. The highest BCUT2D eigenvalue weighted by molar-refractivity contribution is 5.77. The number of fused-ring (bicyclic) bond motifs is 2. The van der Waals surface area contributed by atoms with Gasteiger partial charge in [-0.15, -0.1) is 0 Å². The van der Waals surface area contributed by atoms with E-state index in [1.807, 2.05) is 0 Å². The molecular formula is C26H15F6N7. The number of pyridine rings is 1. The largest absolute Gasteiger partial charge is 0.414 e. The molecule has 0 aliphatic heterocycles. The molecule has 0 radical (unpaired) electrons. The third kappa shape index (κ3) is 3.72. The van der Waals surface area contributed by atoms with Crippen molar-refractivity contribution in [1.29, 1.82) is 0 Å². The first-order valence-corrected chi connectivity index (χ1v) is 11.4. The molecule has 0 amide bonds. The molecule has 0 bridgehead atoms. The van der Waals surface area contributed by atoms with Crippen molar-refractivity contribution >= 4 is 22.1 Å². The highest BCUT2D eigenvalue weighted by Crippen LogP contribution is 2.55. The summed E-state index contributed by atoms with van der Waals surface area (Å²) < 4.78 is 91.6. The van der Waals surface area contributed by atoms with Crippen molar-refractivity contribution in [2.75, 3.05) is 0 Å². The van der Waals surface area contributed by atoms with Crippen molar-refractivity contribution in [1.82, 2.24) is 34.1 Å². The molecule has 0 aliphatic carbocycles. The van der Waals surface area contributed by atoms with Crippen LogP contribution in [0.3, 0.4) is 0 Å². The minimum atomic E-state index is -5.88. The van der Waals surface area contributed by atoms with Gasteiger partial charge in [-0.25, -0.2) is 24.9 Å². The van der Waals surface area contributed by atoms with Crippen molar-refractivity contribution in [3.05, 3.63) is 103 Å². The van der Waals surface area contributed by atoms with Crippen LogP contribution in [0.4, 0.5) is 26.3 Å². The number of imidazole rings is 2. The molecule has 4 aromatic heterocycles. The van der Waals surface area contributed by atoms with Crippen LogP contribution in [0.2, 0.25) is 0 Å². The summed E-state index contributed by atoms with van der Waals surface area (Å²) in [6.45, 7) is 0. The van der Waals surface area contributed by atoms with E-state index in [2.05, 4.69) is 24.9 Å². The molecule has 7 nitrogen and oxygen atoms in total. The molecule has 0 N–H and O–H groups in total. The number of aromatic nitrogens is 7. The Kier molecular flexibility index (Phi) is 5.42. The Hall–Kier alpha value is -4.81. The van der Waals surface area contributed by atoms with E-state index in [-0.39, 0.29) is 5.82 Å². The molecular weight excluding hydrogens is 524 g/mol. The van der Waals surface area contributed by atoms with Gasteiger partial charge in [0, 0.05) is 6.20 Å². The van der Waals surface area contributed by atoms with Gasteiger partial charge in [-0.05, 0) is 42.5 Å². The summed E-state index contributed by atoms with van der Waals surface area (Å²) in [5.74, 6) is -0.579. The van der Waals surface area contributed by atoms with Crippen molar-refractivity contribution in [3.8, 4) is 11.8 Å². The Morgan fingerprint density at radius 1 is 0.538 bits per heavy atom. The van der Waals surface area contributed by atoms with Crippen molar-refractivity contribution in [3.63, 3.8) is 0 Å². The smallest absolute Gasteiger partial charge is 0.283 e. The minimum Gasteiger partial charge on any atom is -0.283 e. The van der Waals surface area contributed by atoms with Crippen LogP contribution in [0.1, 0.15) is 11.4 Å². The fourth-order valence-electron chi connectivity index (χ4n) is 4.57. The van der Waals surface area contributed by atoms with Gasteiger partial charge in [0.1, 0.15) is 18.5 Å². The summed E-state index contributed by atoms with van der Waals surface area (Å²) in [4.78, 5) is 19.9. The Labute approximate surface area is 215 Å². The second-order valence-corrected chi connectivity index (χ2v) is 8.57. The Balaban J connectivity index is 1.59. The maximum atomic E-state index is 14.8. The first-order valence-electron chi connectivity index (χ1n) is 11.4. The molecule has 6 aromatic rings. The number of benzene rings is 2. The van der Waals surface area contributed by atoms with Gasteiger partial charge in [-0.3, -0.25) is 9.13 Å². The summed E-state index contributed by atoms with van der Waals surface area (Å²) >= 11 is 0. The van der Waals surface area contributed by atoms with Crippen LogP contribution in [-0.4, -0.2) is 46.4 Å². The van der Waals surface area contributed by atoms with Gasteiger partial charge in [-0.1, -0.05) is 30.3 Å². The minimum absolute atomic E-state index is 0.172. The standard InChI is InChI=1S/C26H15F6N7/c27-25(28,29)24(26(30,31)32,20-10-5-11-22(36-20)38-14-34-16-6-1-3-8-18(16)38)21-12-13-33-23(37-21)39-15-35-17-7-2-4-9-19(17)39/h1-15H. The molecule has 4 heterocycles. The number of halogens is 6. The molecule has 2 aromatic carbocycles. The topological polar surface area (TPSA) is 74.3 Å². The van der Waals surface area contributed by atoms with Crippen LogP contribution in [0.5, 0.6) is 0 Å². The van der Waals surface area contributed by atoms with E-state index >= 15 is 0 Å². The Morgan fingerprint density at radius 2 is 1.10 bits per heavy atom. The van der Waals surface area contributed by atoms with E-state index < -0.39 is 35.1 Å². The fraction of sp³-hybridized carbons (Fsp3) is 0.115. The normalized spacial score (nSPS) is 12.9. The molecule has 13 heteroatoms. The molecule has 0 saturated heterocycles. The SMILES string of the molecule is FC(F)(F)C(c1cccc(-n2cnc3ccccc32)n1)(c1ccnc(-n2cnc3ccccc32)n1)C(F)(F)F. The van der Waals surface area contributed by atoms with E-state index in [9.17, 15) is 26.3 Å². The quantitative estimate of drug-likeness (QED) is 0.259. The zero-order chi connectivity index (χ0) is 27.4. The van der Waals surface area contributed by atoms with Crippen LogP contribution in [0.25, 0.3) is 33.8 Å². The molecule has 0 aliphatic rings. The zero-order valence-corrected chi connectivity index (χ0v) is 19.6. The molecule has 196 valence electrons. The summed E-state index contributed by atoms with van der Waals surface area (Å²) in [5, 5.41) is 0. The molecule has 6 rings (SSSR count). The number of rotatable bonds is 4. The molecule has 0 unspecified atom stereocenters. The Morgan fingerprint density at radius 3 is 1.74 bits per heavy atom. The van der Waals surface area contributed by atoms with E-state index in [1.54, 1.807) is 48.5 Å². The number of para-hydroxylation sites is 4. The van der Waals surface area contributed by atoms with Gasteiger partial charge in [0.15, 0.2) is 0 Å². The average molecular weight is 539 g/mol. The predicted molar refractivity (Wildman–Crippen MR) is 128 cm³/mol. The van der Waals surface area contributed by atoms with E-state index in [1.165, 1.54) is 27.9 Å².